The number of pyridine rings is 1. The second kappa shape index (κ2) is 11.3. The molecule has 3 heterocycles. The highest BCUT2D eigenvalue weighted by Crippen LogP contribution is 2.34. The van der Waals surface area contributed by atoms with E-state index in [1.807, 2.05) is 29.2 Å². The average Bonchev–Trinajstić information content (AvgIpc) is 2.85. The van der Waals surface area contributed by atoms with Crippen LogP contribution >= 0.6 is 0 Å². The first-order valence-corrected chi connectivity index (χ1v) is 13.7. The molecule has 1 aromatic heterocycles. The Labute approximate surface area is 213 Å². The fourth-order valence-electron chi connectivity index (χ4n) is 4.47. The SMILES string of the molecule is CC1CCN(c2cc(NS(C)=O)ccc2N=C/C(=N\N)c2cccc(N3CCC(F)(F)CC3)n2)CC1. The Hall–Kier alpha value is -3.08. The topological polar surface area (TPSA) is 99.2 Å². The number of nitrogens with zero attached hydrogens (tertiary/aromatic N) is 5. The van der Waals surface area contributed by atoms with Crippen molar-refractivity contribution in [3.63, 3.8) is 0 Å². The molecule has 2 aliphatic rings. The molecule has 11 heteroatoms. The lowest BCUT2D eigenvalue weighted by Crippen LogP contribution is -2.39. The summed E-state index contributed by atoms with van der Waals surface area (Å²) in [5.41, 5.74) is 3.35. The fraction of sp³-hybridized carbons (Fsp3) is 0.480. The summed E-state index contributed by atoms with van der Waals surface area (Å²) in [5, 5.41) is 3.89. The molecule has 0 spiro atoms. The van der Waals surface area contributed by atoms with Gasteiger partial charge in [0.2, 0.25) is 0 Å². The number of nitrogens with two attached hydrogens (primary N) is 1. The summed E-state index contributed by atoms with van der Waals surface area (Å²) in [4.78, 5) is 13.5. The van der Waals surface area contributed by atoms with E-state index in [1.54, 1.807) is 24.6 Å². The van der Waals surface area contributed by atoms with Crippen molar-refractivity contribution in [2.24, 2.45) is 21.9 Å². The molecule has 0 bridgehead atoms. The van der Waals surface area contributed by atoms with E-state index in [2.05, 4.69) is 26.6 Å². The third kappa shape index (κ3) is 6.57. The number of hydrogen-bond donors (Lipinski definition) is 2. The van der Waals surface area contributed by atoms with E-state index in [9.17, 15) is 13.0 Å². The summed E-state index contributed by atoms with van der Waals surface area (Å²) in [5.74, 6) is 4.37. The highest BCUT2D eigenvalue weighted by molar-refractivity contribution is 7.85. The van der Waals surface area contributed by atoms with E-state index in [0.717, 1.165) is 43.0 Å². The van der Waals surface area contributed by atoms with Gasteiger partial charge in [0.1, 0.15) is 22.5 Å². The van der Waals surface area contributed by atoms with Crippen molar-refractivity contribution in [2.75, 3.05) is 47.0 Å². The van der Waals surface area contributed by atoms with E-state index in [-0.39, 0.29) is 25.9 Å². The Balaban J connectivity index is 1.57. The van der Waals surface area contributed by atoms with Gasteiger partial charge in [-0.05, 0) is 49.1 Å². The Morgan fingerprint density at radius 2 is 1.89 bits per heavy atom. The maximum Gasteiger partial charge on any atom is 0.251 e. The van der Waals surface area contributed by atoms with Crippen molar-refractivity contribution < 1.29 is 13.0 Å². The molecule has 1 atom stereocenters. The van der Waals surface area contributed by atoms with Gasteiger partial charge >= 0.3 is 0 Å². The van der Waals surface area contributed by atoms with Crippen LogP contribution < -0.4 is 20.4 Å². The van der Waals surface area contributed by atoms with Gasteiger partial charge in [-0.1, -0.05) is 13.0 Å². The maximum absolute atomic E-state index is 13.6. The zero-order chi connectivity index (χ0) is 25.7. The molecule has 8 nitrogen and oxygen atoms in total. The van der Waals surface area contributed by atoms with Gasteiger partial charge in [0, 0.05) is 51.0 Å². The van der Waals surface area contributed by atoms with Crippen molar-refractivity contribution in [3.05, 3.63) is 42.1 Å². The molecule has 2 aliphatic heterocycles. The van der Waals surface area contributed by atoms with Crippen LogP contribution in [0.4, 0.5) is 31.7 Å². The number of nitrogens with one attached hydrogen (secondary N) is 1. The number of aliphatic imine (C=N–C) groups is 1. The van der Waals surface area contributed by atoms with Crippen LogP contribution in [-0.4, -0.2) is 59.5 Å². The van der Waals surface area contributed by atoms with Gasteiger partial charge < -0.3 is 20.4 Å². The lowest BCUT2D eigenvalue weighted by Gasteiger charge is -2.33. The third-order valence-electron chi connectivity index (χ3n) is 6.64. The summed E-state index contributed by atoms with van der Waals surface area (Å²) in [7, 11) is -1.18. The Kier molecular flexibility index (Phi) is 8.17. The second-order valence-corrected chi connectivity index (χ2v) is 10.5. The fourth-order valence-corrected chi connectivity index (χ4v) is 4.93. The van der Waals surface area contributed by atoms with Crippen LogP contribution in [0, 0.1) is 5.92 Å². The molecule has 0 saturated carbocycles. The Morgan fingerprint density at radius 1 is 1.17 bits per heavy atom. The van der Waals surface area contributed by atoms with Crippen LogP contribution in [0.2, 0.25) is 0 Å². The highest BCUT2D eigenvalue weighted by atomic mass is 32.2. The van der Waals surface area contributed by atoms with Gasteiger partial charge in [0.25, 0.3) is 5.92 Å². The molecule has 0 radical (unpaired) electrons. The quantitative estimate of drug-likeness (QED) is 0.324. The number of hydrogen-bond acceptors (Lipinski definition) is 7. The number of halogens is 2. The van der Waals surface area contributed by atoms with Gasteiger partial charge in [0.15, 0.2) is 0 Å². The largest absolute Gasteiger partial charge is 0.370 e. The first-order valence-electron chi connectivity index (χ1n) is 12.2. The zero-order valence-electron chi connectivity index (χ0n) is 20.7. The van der Waals surface area contributed by atoms with Crippen LogP contribution in [0.25, 0.3) is 0 Å². The lowest BCUT2D eigenvalue weighted by molar-refractivity contribution is -0.0221. The maximum atomic E-state index is 13.6. The molecular weight excluding hydrogens is 484 g/mol. The Bertz CT molecular complexity index is 1140. The molecule has 1 unspecified atom stereocenters. The predicted molar refractivity (Wildman–Crippen MR) is 144 cm³/mol. The van der Waals surface area contributed by atoms with Crippen LogP contribution in [0.1, 0.15) is 38.3 Å². The van der Waals surface area contributed by atoms with Crippen molar-refractivity contribution in [2.45, 2.75) is 38.5 Å². The molecule has 4 rings (SSSR count). The van der Waals surface area contributed by atoms with Crippen LogP contribution in [0.15, 0.2) is 46.5 Å². The van der Waals surface area contributed by atoms with Crippen molar-refractivity contribution in [1.29, 1.82) is 0 Å². The van der Waals surface area contributed by atoms with Gasteiger partial charge in [-0.25, -0.2) is 18.0 Å². The first-order chi connectivity index (χ1) is 17.2. The molecule has 36 heavy (non-hydrogen) atoms. The number of benzene rings is 1. The highest BCUT2D eigenvalue weighted by Gasteiger charge is 2.34. The molecular formula is C25H33F2N7OS. The zero-order valence-corrected chi connectivity index (χ0v) is 21.5. The van der Waals surface area contributed by atoms with Gasteiger partial charge in [-0.15, -0.1) is 0 Å². The average molecular weight is 518 g/mol. The summed E-state index contributed by atoms with van der Waals surface area (Å²) >= 11 is 0. The minimum Gasteiger partial charge on any atom is -0.370 e. The van der Waals surface area contributed by atoms with E-state index in [4.69, 9.17) is 10.8 Å². The standard InChI is InChI=1S/C25H33F2N7OS/c1-18-8-12-33(13-9-18)23-16-19(32-36(2)35)6-7-21(23)29-17-22(31-28)20-4-3-5-24(30-20)34-14-10-25(26,27)11-15-34/h3-7,16-18,32H,8-15,28H2,1-2H3/b29-17?,31-22+. The molecule has 194 valence electrons. The van der Waals surface area contributed by atoms with Crippen molar-refractivity contribution >= 4 is 45.8 Å². The van der Waals surface area contributed by atoms with Gasteiger partial charge in [0.05, 0.1) is 23.3 Å². The minimum atomic E-state index is -2.62. The van der Waals surface area contributed by atoms with Crippen LogP contribution in [-0.2, 0) is 11.0 Å². The van der Waals surface area contributed by atoms with E-state index in [0.29, 0.717) is 23.1 Å². The summed E-state index contributed by atoms with van der Waals surface area (Å²) in [6, 6.07) is 11.1. The normalized spacial score (nSPS) is 20.1. The molecule has 2 fully saturated rings. The summed E-state index contributed by atoms with van der Waals surface area (Å²) < 4.78 is 41.8. The van der Waals surface area contributed by atoms with E-state index in [1.165, 1.54) is 0 Å². The smallest absolute Gasteiger partial charge is 0.251 e. The number of aromatic nitrogens is 1. The summed E-state index contributed by atoms with van der Waals surface area (Å²) in [6.07, 6.45) is 4.98. The number of alkyl halides is 2. The van der Waals surface area contributed by atoms with Gasteiger partial charge in [-0.3, -0.25) is 4.99 Å². The van der Waals surface area contributed by atoms with Gasteiger partial charge in [-0.2, -0.15) is 5.10 Å². The van der Waals surface area contributed by atoms with Crippen molar-refractivity contribution in [3.8, 4) is 0 Å². The molecule has 2 saturated heterocycles. The third-order valence-corrected chi connectivity index (χ3v) is 7.17. The van der Waals surface area contributed by atoms with E-state index >= 15 is 0 Å². The second-order valence-electron chi connectivity index (χ2n) is 9.43. The first kappa shape index (κ1) is 26.0. The molecule has 0 amide bonds. The van der Waals surface area contributed by atoms with Crippen LogP contribution in [0.3, 0.4) is 0 Å². The predicted octanol–water partition coefficient (Wildman–Crippen LogP) is 4.32. The Morgan fingerprint density at radius 3 is 2.56 bits per heavy atom. The molecule has 1 aromatic carbocycles. The van der Waals surface area contributed by atoms with Crippen molar-refractivity contribution in [1.82, 2.24) is 4.98 Å². The van der Waals surface area contributed by atoms with Crippen LogP contribution in [0.5, 0.6) is 0 Å². The number of piperidine rings is 2. The van der Waals surface area contributed by atoms with E-state index < -0.39 is 16.9 Å². The molecule has 2 aromatic rings. The molecule has 0 aliphatic carbocycles. The molecule has 3 N–H and O–H groups in total. The monoisotopic (exact) mass is 517 g/mol. The minimum absolute atomic E-state index is 0.188. The summed E-state index contributed by atoms with van der Waals surface area (Å²) in [6.45, 7) is 4.58. The number of anilines is 3. The number of hydrazone groups is 1. The number of rotatable bonds is 7. The lowest BCUT2D eigenvalue weighted by atomic mass is 9.98.